The second-order valence-corrected chi connectivity index (χ2v) is 6.92. The molecule has 0 radical (unpaired) electrons. The number of rotatable bonds is 5. The van der Waals surface area contributed by atoms with E-state index in [0.29, 0.717) is 16.3 Å². The Balaban J connectivity index is 2.03. The van der Waals surface area contributed by atoms with Gasteiger partial charge in [-0.15, -0.1) is 0 Å². The first-order valence-corrected chi connectivity index (χ1v) is 8.98. The molecule has 1 heterocycles. The van der Waals surface area contributed by atoms with Crippen LogP contribution in [0.2, 0.25) is 10.0 Å². The number of nitro groups is 1. The van der Waals surface area contributed by atoms with Gasteiger partial charge in [0.15, 0.2) is 0 Å². The van der Waals surface area contributed by atoms with Gasteiger partial charge in [0, 0.05) is 10.7 Å². The number of benzene rings is 2. The molecule has 156 valence electrons. The summed E-state index contributed by atoms with van der Waals surface area (Å²) in [5, 5.41) is 17.4. The molecule has 0 aliphatic heterocycles. The highest BCUT2D eigenvalue weighted by molar-refractivity contribution is 6.33. The normalized spacial score (nSPS) is 11.3. The summed E-state index contributed by atoms with van der Waals surface area (Å²) in [4.78, 5) is 18.6. The van der Waals surface area contributed by atoms with E-state index in [0.717, 1.165) is 24.5 Å². The molecule has 30 heavy (non-hydrogen) atoms. The molecule has 12 heteroatoms. The first-order valence-electron chi connectivity index (χ1n) is 8.22. The highest BCUT2D eigenvalue weighted by atomic mass is 35.5. The summed E-state index contributed by atoms with van der Waals surface area (Å²) in [6.45, 7) is 1.74. The maximum atomic E-state index is 13.0. The van der Waals surface area contributed by atoms with Gasteiger partial charge in [-0.2, -0.15) is 13.2 Å². The van der Waals surface area contributed by atoms with Crippen LogP contribution in [0.3, 0.4) is 0 Å². The number of aromatic nitrogens is 2. The van der Waals surface area contributed by atoms with E-state index in [9.17, 15) is 23.3 Å². The second-order valence-electron chi connectivity index (χ2n) is 6.08. The van der Waals surface area contributed by atoms with Crippen LogP contribution in [-0.4, -0.2) is 14.9 Å². The molecule has 3 aromatic rings. The maximum absolute atomic E-state index is 13.0. The molecule has 0 aliphatic carbocycles. The van der Waals surface area contributed by atoms with Crippen molar-refractivity contribution in [2.24, 2.45) is 0 Å². The highest BCUT2D eigenvalue weighted by Gasteiger charge is 2.31. The Labute approximate surface area is 178 Å². The van der Waals surface area contributed by atoms with Crippen molar-refractivity contribution in [3.05, 3.63) is 74.0 Å². The van der Waals surface area contributed by atoms with Crippen molar-refractivity contribution in [3.8, 4) is 0 Å². The van der Waals surface area contributed by atoms with E-state index in [1.807, 2.05) is 0 Å². The third kappa shape index (κ3) is 4.71. The molecule has 0 saturated carbocycles. The van der Waals surface area contributed by atoms with Crippen LogP contribution in [0.1, 0.15) is 11.1 Å². The molecule has 0 atom stereocenters. The van der Waals surface area contributed by atoms with E-state index in [1.165, 1.54) is 0 Å². The molecule has 2 aromatic carbocycles. The number of nitrogens with zero attached hydrogens (tertiary/aromatic N) is 3. The van der Waals surface area contributed by atoms with Crippen molar-refractivity contribution in [1.29, 1.82) is 0 Å². The molecular formula is C18H12Cl2F3N5O2. The highest BCUT2D eigenvalue weighted by Crippen LogP contribution is 2.38. The number of anilines is 4. The summed E-state index contributed by atoms with van der Waals surface area (Å²) < 4.78 is 39.0. The van der Waals surface area contributed by atoms with Gasteiger partial charge in [-0.3, -0.25) is 10.1 Å². The van der Waals surface area contributed by atoms with Crippen LogP contribution in [0.25, 0.3) is 0 Å². The van der Waals surface area contributed by atoms with Gasteiger partial charge in [0.2, 0.25) is 11.6 Å². The zero-order valence-corrected chi connectivity index (χ0v) is 16.6. The van der Waals surface area contributed by atoms with Gasteiger partial charge in [-0.1, -0.05) is 23.2 Å². The standard InChI is InChI=1S/C18H12Cl2F3N5O2/c1-9-6-11(19)3-5-13(9)26-16-15(28(29)30)17(25-8-24-16)27-14-7-10(18(21,22)23)2-4-12(14)20/h2-8H,1H3,(H2,24,25,26,27). The van der Waals surface area contributed by atoms with Crippen LogP contribution >= 0.6 is 23.2 Å². The monoisotopic (exact) mass is 457 g/mol. The fraction of sp³-hybridized carbons (Fsp3) is 0.111. The lowest BCUT2D eigenvalue weighted by Gasteiger charge is -2.14. The molecule has 0 amide bonds. The minimum absolute atomic E-state index is 0.0704. The van der Waals surface area contributed by atoms with E-state index >= 15 is 0 Å². The van der Waals surface area contributed by atoms with E-state index in [2.05, 4.69) is 20.6 Å². The topological polar surface area (TPSA) is 93.0 Å². The predicted molar refractivity (Wildman–Crippen MR) is 108 cm³/mol. The third-order valence-corrected chi connectivity index (χ3v) is 4.56. The van der Waals surface area contributed by atoms with Crippen LogP contribution in [-0.2, 0) is 6.18 Å². The predicted octanol–water partition coefficient (Wildman–Crippen LogP) is 6.51. The number of halogens is 5. The summed E-state index contributed by atoms with van der Waals surface area (Å²) in [7, 11) is 0. The maximum Gasteiger partial charge on any atom is 0.416 e. The molecule has 7 nitrogen and oxygen atoms in total. The lowest BCUT2D eigenvalue weighted by Crippen LogP contribution is -2.08. The Morgan fingerprint density at radius 3 is 2.20 bits per heavy atom. The fourth-order valence-electron chi connectivity index (χ4n) is 2.55. The number of nitrogens with one attached hydrogen (secondary N) is 2. The van der Waals surface area contributed by atoms with Gasteiger partial charge < -0.3 is 10.6 Å². The number of hydrogen-bond acceptors (Lipinski definition) is 6. The van der Waals surface area contributed by atoms with Gasteiger partial charge in [0.25, 0.3) is 0 Å². The summed E-state index contributed by atoms with van der Waals surface area (Å²) in [6, 6.07) is 7.43. The average Bonchev–Trinajstić information content (AvgIpc) is 2.65. The number of aryl methyl sites for hydroxylation is 1. The molecule has 0 saturated heterocycles. The summed E-state index contributed by atoms with van der Waals surface area (Å²) in [6.07, 6.45) is -3.58. The van der Waals surface area contributed by atoms with Crippen LogP contribution in [0.15, 0.2) is 42.7 Å². The van der Waals surface area contributed by atoms with Gasteiger partial charge in [-0.25, -0.2) is 9.97 Å². The van der Waals surface area contributed by atoms with Crippen LogP contribution in [0.4, 0.5) is 41.9 Å². The number of hydrogen-bond donors (Lipinski definition) is 2. The molecule has 0 fully saturated rings. The average molecular weight is 458 g/mol. The van der Waals surface area contributed by atoms with Crippen molar-refractivity contribution in [2.75, 3.05) is 10.6 Å². The zero-order chi connectivity index (χ0) is 22.1. The molecule has 0 bridgehead atoms. The Hall–Kier alpha value is -3.11. The molecule has 2 N–H and O–H groups in total. The summed E-state index contributed by atoms with van der Waals surface area (Å²) in [5.74, 6) is -0.489. The Morgan fingerprint density at radius 1 is 1.00 bits per heavy atom. The van der Waals surface area contributed by atoms with Crippen molar-refractivity contribution < 1.29 is 18.1 Å². The largest absolute Gasteiger partial charge is 0.416 e. The van der Waals surface area contributed by atoms with Crippen LogP contribution < -0.4 is 10.6 Å². The summed E-state index contributed by atoms with van der Waals surface area (Å²) in [5.41, 5.74) is -0.529. The third-order valence-electron chi connectivity index (χ3n) is 3.99. The van der Waals surface area contributed by atoms with Gasteiger partial charge >= 0.3 is 11.9 Å². The van der Waals surface area contributed by atoms with Crippen molar-refractivity contribution in [3.63, 3.8) is 0 Å². The van der Waals surface area contributed by atoms with Crippen molar-refractivity contribution in [1.82, 2.24) is 9.97 Å². The lowest BCUT2D eigenvalue weighted by atomic mass is 10.2. The van der Waals surface area contributed by atoms with Gasteiger partial charge in [0.1, 0.15) is 6.33 Å². The van der Waals surface area contributed by atoms with Crippen LogP contribution in [0.5, 0.6) is 0 Å². The van der Waals surface area contributed by atoms with Crippen molar-refractivity contribution in [2.45, 2.75) is 13.1 Å². The Morgan fingerprint density at radius 2 is 1.63 bits per heavy atom. The van der Waals surface area contributed by atoms with E-state index in [1.54, 1.807) is 25.1 Å². The quantitative estimate of drug-likeness (QED) is 0.335. The molecule has 1 aromatic heterocycles. The van der Waals surface area contributed by atoms with E-state index < -0.39 is 22.4 Å². The Kier molecular flexibility index (Phi) is 5.99. The fourth-order valence-corrected chi connectivity index (χ4v) is 2.95. The summed E-state index contributed by atoms with van der Waals surface area (Å²) >= 11 is 11.9. The van der Waals surface area contributed by atoms with E-state index in [4.69, 9.17) is 23.2 Å². The first kappa shape index (κ1) is 21.6. The zero-order valence-electron chi connectivity index (χ0n) is 15.1. The Bertz CT molecular complexity index is 1130. The molecule has 0 unspecified atom stereocenters. The smallest absolute Gasteiger partial charge is 0.334 e. The minimum atomic E-state index is -4.61. The minimum Gasteiger partial charge on any atom is -0.334 e. The van der Waals surface area contributed by atoms with Crippen molar-refractivity contribution >= 4 is 51.9 Å². The number of alkyl halides is 3. The first-order chi connectivity index (χ1) is 14.1. The second kappa shape index (κ2) is 8.33. The molecule has 0 spiro atoms. The van der Waals surface area contributed by atoms with E-state index in [-0.39, 0.29) is 22.3 Å². The molecular weight excluding hydrogens is 446 g/mol. The molecule has 3 rings (SSSR count). The lowest BCUT2D eigenvalue weighted by molar-refractivity contribution is -0.383. The SMILES string of the molecule is Cc1cc(Cl)ccc1Nc1ncnc(Nc2cc(C(F)(F)F)ccc2Cl)c1[N+](=O)[O-]. The van der Waals surface area contributed by atoms with Gasteiger partial charge in [0.05, 0.1) is 21.2 Å². The molecule has 0 aliphatic rings. The van der Waals surface area contributed by atoms with Gasteiger partial charge in [-0.05, 0) is 48.9 Å². The van der Waals surface area contributed by atoms with Crippen LogP contribution in [0, 0.1) is 17.0 Å².